The number of methoxy groups -OCH3 is 1. The summed E-state index contributed by atoms with van der Waals surface area (Å²) in [6.07, 6.45) is 4.60. The summed E-state index contributed by atoms with van der Waals surface area (Å²) in [5.41, 5.74) is 4.16. The van der Waals surface area contributed by atoms with Gasteiger partial charge in [0.1, 0.15) is 17.1 Å². The molecule has 190 valence electrons. The summed E-state index contributed by atoms with van der Waals surface area (Å²) in [5, 5.41) is 0.911. The van der Waals surface area contributed by atoms with Crippen LogP contribution in [-0.2, 0) is 14.3 Å². The quantitative estimate of drug-likeness (QED) is 0.297. The molecular weight excluding hydrogens is 458 g/mol. The van der Waals surface area contributed by atoms with Crippen molar-refractivity contribution in [1.29, 1.82) is 0 Å². The minimum absolute atomic E-state index is 0.0745. The number of fused-ring (bicyclic) bond motifs is 1. The highest BCUT2D eigenvalue weighted by Crippen LogP contribution is 2.40. The van der Waals surface area contributed by atoms with Gasteiger partial charge in [-0.3, -0.25) is 9.59 Å². The van der Waals surface area contributed by atoms with Crippen molar-refractivity contribution in [2.75, 3.05) is 33.4 Å². The van der Waals surface area contributed by atoms with E-state index in [1.165, 1.54) is 0 Å². The Bertz CT molecular complexity index is 1270. The van der Waals surface area contributed by atoms with Crippen LogP contribution < -0.4 is 9.47 Å². The molecule has 0 saturated carbocycles. The van der Waals surface area contributed by atoms with Crippen LogP contribution in [0.3, 0.4) is 0 Å². The summed E-state index contributed by atoms with van der Waals surface area (Å²) in [6.45, 7) is 7.57. The number of furan rings is 1. The van der Waals surface area contributed by atoms with Gasteiger partial charge in [-0.1, -0.05) is 18.2 Å². The monoisotopic (exact) mass is 491 g/mol. The molecule has 7 heteroatoms. The van der Waals surface area contributed by atoms with Gasteiger partial charge in [-0.15, -0.1) is 0 Å². The van der Waals surface area contributed by atoms with Crippen molar-refractivity contribution >= 4 is 28.4 Å². The van der Waals surface area contributed by atoms with Gasteiger partial charge < -0.3 is 23.5 Å². The zero-order chi connectivity index (χ0) is 25.7. The Hall–Kier alpha value is -3.74. The molecule has 1 amide bonds. The van der Waals surface area contributed by atoms with Crippen molar-refractivity contribution in [2.24, 2.45) is 5.92 Å². The Labute approximate surface area is 211 Å². The molecule has 1 aromatic heterocycles. The molecule has 2 aromatic carbocycles. The topological polar surface area (TPSA) is 78.2 Å². The fourth-order valence-corrected chi connectivity index (χ4v) is 4.66. The molecule has 36 heavy (non-hydrogen) atoms. The van der Waals surface area contributed by atoms with E-state index in [0.717, 1.165) is 33.4 Å². The molecule has 0 spiro atoms. The lowest BCUT2D eigenvalue weighted by Crippen LogP contribution is -2.40. The number of likely N-dealkylation sites (tertiary alicyclic amines) is 1. The van der Waals surface area contributed by atoms with Crippen LogP contribution in [0.5, 0.6) is 11.5 Å². The smallest absolute Gasteiger partial charge is 0.309 e. The van der Waals surface area contributed by atoms with E-state index >= 15 is 0 Å². The second-order valence-corrected chi connectivity index (χ2v) is 8.81. The van der Waals surface area contributed by atoms with Gasteiger partial charge in [0.25, 0.3) is 0 Å². The number of piperidine rings is 1. The molecule has 0 unspecified atom stereocenters. The van der Waals surface area contributed by atoms with E-state index in [2.05, 4.69) is 0 Å². The summed E-state index contributed by atoms with van der Waals surface area (Å²) in [4.78, 5) is 26.9. The van der Waals surface area contributed by atoms with Gasteiger partial charge in [0, 0.05) is 47.3 Å². The minimum atomic E-state index is -0.169. The van der Waals surface area contributed by atoms with E-state index in [9.17, 15) is 9.59 Å². The number of nitrogens with zero attached hydrogens (tertiary/aromatic N) is 1. The molecule has 0 bridgehead atoms. The number of allylic oxidation sites excluding steroid dienone is 1. The highest BCUT2D eigenvalue weighted by molar-refractivity contribution is 6.01. The number of amides is 1. The summed E-state index contributed by atoms with van der Waals surface area (Å²) in [6, 6.07) is 11.7. The lowest BCUT2D eigenvalue weighted by atomic mass is 9.96. The number of carbonyl (C=O) groups is 2. The summed E-state index contributed by atoms with van der Waals surface area (Å²) in [5.74, 6) is 1.03. The average Bonchev–Trinajstić information content (AvgIpc) is 3.31. The van der Waals surface area contributed by atoms with Crippen molar-refractivity contribution in [3.8, 4) is 22.6 Å². The molecule has 7 nitrogen and oxygen atoms in total. The fourth-order valence-electron chi connectivity index (χ4n) is 4.66. The first-order valence-electron chi connectivity index (χ1n) is 12.4. The summed E-state index contributed by atoms with van der Waals surface area (Å²) < 4.78 is 22.5. The van der Waals surface area contributed by atoms with E-state index in [4.69, 9.17) is 18.6 Å². The van der Waals surface area contributed by atoms with Gasteiger partial charge in [-0.05, 0) is 51.3 Å². The second-order valence-electron chi connectivity index (χ2n) is 8.81. The van der Waals surface area contributed by atoms with E-state index in [-0.39, 0.29) is 17.8 Å². The number of benzene rings is 2. The second kappa shape index (κ2) is 11.3. The van der Waals surface area contributed by atoms with Gasteiger partial charge >= 0.3 is 5.97 Å². The van der Waals surface area contributed by atoms with E-state index in [1.54, 1.807) is 31.3 Å². The third kappa shape index (κ3) is 5.25. The van der Waals surface area contributed by atoms with Crippen molar-refractivity contribution < 1.29 is 28.2 Å². The number of para-hydroxylation sites is 1. The predicted octanol–water partition coefficient (Wildman–Crippen LogP) is 5.71. The van der Waals surface area contributed by atoms with Crippen LogP contribution in [-0.4, -0.2) is 50.2 Å². The van der Waals surface area contributed by atoms with Gasteiger partial charge in [-0.25, -0.2) is 0 Å². The lowest BCUT2D eigenvalue weighted by Gasteiger charge is -2.30. The molecule has 2 heterocycles. The molecule has 0 N–H and O–H groups in total. The number of hydrogen-bond acceptors (Lipinski definition) is 6. The molecule has 3 aromatic rings. The highest BCUT2D eigenvalue weighted by atomic mass is 16.5. The molecule has 1 saturated heterocycles. The highest BCUT2D eigenvalue weighted by Gasteiger charge is 2.28. The van der Waals surface area contributed by atoms with Crippen LogP contribution in [0, 0.1) is 5.92 Å². The van der Waals surface area contributed by atoms with E-state index in [0.29, 0.717) is 50.5 Å². The largest absolute Gasteiger partial charge is 0.496 e. The zero-order valence-corrected chi connectivity index (χ0v) is 21.3. The first-order valence-corrected chi connectivity index (χ1v) is 12.4. The zero-order valence-electron chi connectivity index (χ0n) is 21.3. The third-order valence-corrected chi connectivity index (χ3v) is 6.56. The summed E-state index contributed by atoms with van der Waals surface area (Å²) >= 11 is 0. The average molecular weight is 492 g/mol. The predicted molar refractivity (Wildman–Crippen MR) is 139 cm³/mol. The molecule has 1 aliphatic rings. The number of hydrogen-bond donors (Lipinski definition) is 0. The number of esters is 1. The molecule has 0 radical (unpaired) electrons. The van der Waals surface area contributed by atoms with Crippen LogP contribution in [0.15, 0.2) is 53.2 Å². The first kappa shape index (κ1) is 25.4. The molecule has 0 aliphatic carbocycles. The van der Waals surface area contributed by atoms with Crippen LogP contribution in [0.2, 0.25) is 0 Å². The van der Waals surface area contributed by atoms with Gasteiger partial charge in [0.2, 0.25) is 5.91 Å². The Morgan fingerprint density at radius 2 is 1.81 bits per heavy atom. The standard InChI is InChI=1S/C29H33NO6/c1-5-34-26-17-27-23(24(18-36-27)21-9-7-8-10-25(21)33-4)16-22(26)19(3)15-28(31)30-13-11-20(12-14-30)29(32)35-6-2/h7-10,15-18,20H,5-6,11-14H2,1-4H3/b19-15+. The minimum Gasteiger partial charge on any atom is -0.496 e. The Kier molecular flexibility index (Phi) is 7.98. The lowest BCUT2D eigenvalue weighted by molar-refractivity contribution is -0.150. The SMILES string of the molecule is CCOC(=O)C1CCN(C(=O)/C=C(\C)c2cc3c(-c4ccccc4OC)coc3cc2OCC)CC1. The normalized spacial score (nSPS) is 14.7. The molecular formula is C29H33NO6. The van der Waals surface area contributed by atoms with Crippen molar-refractivity contribution in [2.45, 2.75) is 33.6 Å². The number of rotatable bonds is 8. The van der Waals surface area contributed by atoms with Crippen molar-refractivity contribution in [3.05, 3.63) is 54.3 Å². The van der Waals surface area contributed by atoms with Crippen molar-refractivity contribution in [3.63, 3.8) is 0 Å². The Morgan fingerprint density at radius 1 is 1.06 bits per heavy atom. The van der Waals surface area contributed by atoms with Crippen LogP contribution >= 0.6 is 0 Å². The van der Waals surface area contributed by atoms with Crippen LogP contribution in [0.4, 0.5) is 0 Å². The molecule has 0 atom stereocenters. The van der Waals surface area contributed by atoms with Crippen LogP contribution in [0.25, 0.3) is 27.7 Å². The fraction of sp³-hybridized carbons (Fsp3) is 0.379. The Morgan fingerprint density at radius 3 is 2.50 bits per heavy atom. The molecule has 4 rings (SSSR count). The Balaban J connectivity index is 1.63. The molecule has 1 fully saturated rings. The summed E-state index contributed by atoms with van der Waals surface area (Å²) in [7, 11) is 1.65. The van der Waals surface area contributed by atoms with Gasteiger partial charge in [-0.2, -0.15) is 0 Å². The number of ether oxygens (including phenoxy) is 3. The maximum atomic E-state index is 13.1. The van der Waals surface area contributed by atoms with Crippen molar-refractivity contribution in [1.82, 2.24) is 4.90 Å². The van der Waals surface area contributed by atoms with Crippen LogP contribution in [0.1, 0.15) is 39.2 Å². The first-order chi connectivity index (χ1) is 17.5. The van der Waals surface area contributed by atoms with E-state index in [1.807, 2.05) is 50.2 Å². The van der Waals surface area contributed by atoms with Gasteiger partial charge in [0.15, 0.2) is 0 Å². The third-order valence-electron chi connectivity index (χ3n) is 6.56. The maximum absolute atomic E-state index is 13.1. The van der Waals surface area contributed by atoms with Gasteiger partial charge in [0.05, 0.1) is 32.5 Å². The molecule has 1 aliphatic heterocycles. The maximum Gasteiger partial charge on any atom is 0.309 e. The number of carbonyl (C=O) groups excluding carboxylic acids is 2. The van der Waals surface area contributed by atoms with E-state index < -0.39 is 0 Å².